The summed E-state index contributed by atoms with van der Waals surface area (Å²) in [5.41, 5.74) is 3.55. The summed E-state index contributed by atoms with van der Waals surface area (Å²) in [5.74, 6) is 1.22. The van der Waals surface area contributed by atoms with Gasteiger partial charge in [0, 0.05) is 29.1 Å². The molecule has 0 atom stereocenters. The number of carbonyl (C=O) groups is 1. The van der Waals surface area contributed by atoms with Crippen LogP contribution in [0.4, 0.5) is 0 Å². The van der Waals surface area contributed by atoms with E-state index in [1.54, 1.807) is 19.4 Å². The summed E-state index contributed by atoms with van der Waals surface area (Å²) in [6.07, 6.45) is 2.57. The summed E-state index contributed by atoms with van der Waals surface area (Å²) in [6, 6.07) is 7.38. The largest absolute Gasteiger partial charge is 0.493 e. The van der Waals surface area contributed by atoms with Gasteiger partial charge in [0.25, 0.3) is 0 Å². The molecule has 0 spiro atoms. The second kappa shape index (κ2) is 9.80. The maximum absolute atomic E-state index is 12.4. The number of hydrogen-bond acceptors (Lipinski definition) is 5. The number of aromatic nitrogens is 1. The summed E-state index contributed by atoms with van der Waals surface area (Å²) < 4.78 is 12.9. The van der Waals surface area contributed by atoms with Crippen molar-refractivity contribution in [2.45, 2.75) is 40.7 Å². The van der Waals surface area contributed by atoms with E-state index in [-0.39, 0.29) is 12.4 Å². The lowest BCUT2D eigenvalue weighted by atomic mass is 10.1. The average molecular weight is 372 g/mol. The molecule has 0 unspecified atom stereocenters. The summed E-state index contributed by atoms with van der Waals surface area (Å²) in [6.45, 7) is 9.38. The quantitative estimate of drug-likeness (QED) is 0.357. The van der Waals surface area contributed by atoms with Crippen molar-refractivity contribution in [1.29, 1.82) is 0 Å². The van der Waals surface area contributed by atoms with Crippen molar-refractivity contribution in [3.8, 4) is 11.5 Å². The summed E-state index contributed by atoms with van der Waals surface area (Å²) in [7, 11) is 1.59. The van der Waals surface area contributed by atoms with Crippen LogP contribution < -0.4 is 9.47 Å². The molecule has 0 saturated carbocycles. The van der Waals surface area contributed by atoms with E-state index >= 15 is 0 Å². The SMILES string of the molecule is CCCn1c(C)cc(C(=O)CO/N=C/c2ccc(OCC)c(OC)c2)c1C. The van der Waals surface area contributed by atoms with Gasteiger partial charge in [0.1, 0.15) is 0 Å². The Bertz CT molecular complexity index is 809. The van der Waals surface area contributed by atoms with Crippen LogP contribution in [0.15, 0.2) is 29.4 Å². The van der Waals surface area contributed by atoms with Crippen LogP contribution in [0.2, 0.25) is 0 Å². The van der Waals surface area contributed by atoms with Gasteiger partial charge in [0.15, 0.2) is 18.1 Å². The summed E-state index contributed by atoms with van der Waals surface area (Å²) in [4.78, 5) is 17.6. The summed E-state index contributed by atoms with van der Waals surface area (Å²) >= 11 is 0. The minimum Gasteiger partial charge on any atom is -0.493 e. The van der Waals surface area contributed by atoms with Gasteiger partial charge in [-0.3, -0.25) is 4.79 Å². The van der Waals surface area contributed by atoms with Crippen LogP contribution in [0.3, 0.4) is 0 Å². The molecule has 146 valence electrons. The molecule has 0 N–H and O–H groups in total. The van der Waals surface area contributed by atoms with Crippen LogP contribution in [0.1, 0.15) is 47.6 Å². The Morgan fingerprint density at radius 1 is 1.19 bits per heavy atom. The van der Waals surface area contributed by atoms with Gasteiger partial charge in [0.05, 0.1) is 19.9 Å². The van der Waals surface area contributed by atoms with Gasteiger partial charge in [-0.15, -0.1) is 0 Å². The minimum absolute atomic E-state index is 0.0770. The van der Waals surface area contributed by atoms with Gasteiger partial charge in [-0.25, -0.2) is 0 Å². The number of ether oxygens (including phenoxy) is 2. The van der Waals surface area contributed by atoms with Crippen molar-refractivity contribution in [2.24, 2.45) is 5.16 Å². The fraction of sp³-hybridized carbons (Fsp3) is 0.429. The average Bonchev–Trinajstić information content (AvgIpc) is 2.95. The van der Waals surface area contributed by atoms with Crippen molar-refractivity contribution in [1.82, 2.24) is 4.57 Å². The van der Waals surface area contributed by atoms with Gasteiger partial charge < -0.3 is 18.9 Å². The first-order chi connectivity index (χ1) is 13.0. The molecular formula is C21H28N2O4. The molecule has 27 heavy (non-hydrogen) atoms. The van der Waals surface area contributed by atoms with Crippen LogP contribution in [0.25, 0.3) is 0 Å². The number of Topliss-reactive ketones (excluding diaryl/α,β-unsaturated/α-hetero) is 1. The Morgan fingerprint density at radius 3 is 2.63 bits per heavy atom. The van der Waals surface area contributed by atoms with E-state index in [4.69, 9.17) is 14.3 Å². The highest BCUT2D eigenvalue weighted by atomic mass is 16.6. The molecule has 1 aromatic carbocycles. The predicted octanol–water partition coefficient (Wildman–Crippen LogP) is 4.16. The highest BCUT2D eigenvalue weighted by molar-refractivity contribution is 5.98. The van der Waals surface area contributed by atoms with Crippen molar-refractivity contribution < 1.29 is 19.1 Å². The first-order valence-corrected chi connectivity index (χ1v) is 9.17. The number of oxime groups is 1. The molecule has 2 rings (SSSR count). The van der Waals surface area contributed by atoms with Gasteiger partial charge in [-0.05, 0) is 51.5 Å². The fourth-order valence-corrected chi connectivity index (χ4v) is 2.96. The van der Waals surface area contributed by atoms with E-state index in [0.29, 0.717) is 23.7 Å². The smallest absolute Gasteiger partial charge is 0.204 e. The Labute approximate surface area is 160 Å². The zero-order valence-corrected chi connectivity index (χ0v) is 16.7. The Morgan fingerprint density at radius 2 is 1.96 bits per heavy atom. The molecule has 0 fully saturated rings. The lowest BCUT2D eigenvalue weighted by molar-refractivity contribution is 0.0778. The number of hydrogen-bond donors (Lipinski definition) is 0. The van der Waals surface area contributed by atoms with Crippen molar-refractivity contribution in [3.63, 3.8) is 0 Å². The van der Waals surface area contributed by atoms with Gasteiger partial charge in [-0.2, -0.15) is 0 Å². The molecule has 6 heteroatoms. The van der Waals surface area contributed by atoms with Crippen LogP contribution in [-0.2, 0) is 11.4 Å². The number of carbonyl (C=O) groups excluding carboxylic acids is 1. The topological polar surface area (TPSA) is 62.1 Å². The number of benzene rings is 1. The molecule has 0 bridgehead atoms. The first-order valence-electron chi connectivity index (χ1n) is 9.17. The monoisotopic (exact) mass is 372 g/mol. The van der Waals surface area contributed by atoms with E-state index in [0.717, 1.165) is 29.9 Å². The van der Waals surface area contributed by atoms with Crippen LogP contribution in [0, 0.1) is 13.8 Å². The fourth-order valence-electron chi connectivity index (χ4n) is 2.96. The van der Waals surface area contributed by atoms with E-state index in [2.05, 4.69) is 16.6 Å². The molecule has 0 radical (unpaired) electrons. The summed E-state index contributed by atoms with van der Waals surface area (Å²) in [5, 5.41) is 3.90. The third-order valence-corrected chi connectivity index (χ3v) is 4.28. The number of nitrogens with zero attached hydrogens (tertiary/aromatic N) is 2. The molecule has 0 saturated heterocycles. The van der Waals surface area contributed by atoms with Crippen LogP contribution >= 0.6 is 0 Å². The number of ketones is 1. The highest BCUT2D eigenvalue weighted by Crippen LogP contribution is 2.27. The van der Waals surface area contributed by atoms with Crippen molar-refractivity contribution in [2.75, 3.05) is 20.3 Å². The lowest BCUT2D eigenvalue weighted by Gasteiger charge is -2.09. The number of aryl methyl sites for hydroxylation is 1. The zero-order valence-electron chi connectivity index (χ0n) is 16.7. The minimum atomic E-state index is -0.0961. The highest BCUT2D eigenvalue weighted by Gasteiger charge is 2.15. The zero-order chi connectivity index (χ0) is 19.8. The standard InChI is InChI=1S/C21H28N2O4/c1-6-10-23-15(3)11-18(16(23)4)19(24)14-27-22-13-17-8-9-20(26-7-2)21(12-17)25-5/h8-9,11-13H,6-7,10,14H2,1-5H3/b22-13+. The molecule has 0 aliphatic heterocycles. The normalized spacial score (nSPS) is 11.0. The Hall–Kier alpha value is -2.76. The van der Waals surface area contributed by atoms with Crippen LogP contribution in [-0.4, -0.2) is 36.9 Å². The lowest BCUT2D eigenvalue weighted by Crippen LogP contribution is -2.09. The number of rotatable bonds is 10. The Balaban J connectivity index is 1.98. The molecule has 2 aromatic rings. The van der Waals surface area contributed by atoms with Gasteiger partial charge in [0.2, 0.25) is 5.78 Å². The molecule has 6 nitrogen and oxygen atoms in total. The second-order valence-corrected chi connectivity index (χ2v) is 6.21. The number of methoxy groups -OCH3 is 1. The third kappa shape index (κ3) is 5.12. The molecule has 0 amide bonds. The van der Waals surface area contributed by atoms with Crippen LogP contribution in [0.5, 0.6) is 11.5 Å². The van der Waals surface area contributed by atoms with E-state index < -0.39 is 0 Å². The van der Waals surface area contributed by atoms with Gasteiger partial charge in [-0.1, -0.05) is 12.1 Å². The van der Waals surface area contributed by atoms with Crippen molar-refractivity contribution in [3.05, 3.63) is 46.8 Å². The molecule has 0 aliphatic rings. The maximum Gasteiger partial charge on any atom is 0.204 e. The van der Waals surface area contributed by atoms with Crippen molar-refractivity contribution >= 4 is 12.0 Å². The van der Waals surface area contributed by atoms with Gasteiger partial charge >= 0.3 is 0 Å². The maximum atomic E-state index is 12.4. The third-order valence-electron chi connectivity index (χ3n) is 4.28. The molecule has 1 heterocycles. The molecular weight excluding hydrogens is 344 g/mol. The predicted molar refractivity (Wildman–Crippen MR) is 106 cm³/mol. The van der Waals surface area contributed by atoms with E-state index in [1.165, 1.54) is 0 Å². The van der Waals surface area contributed by atoms with E-state index in [1.807, 2.05) is 39.0 Å². The molecule has 1 aromatic heterocycles. The second-order valence-electron chi connectivity index (χ2n) is 6.21. The molecule has 0 aliphatic carbocycles. The van der Waals surface area contributed by atoms with E-state index in [9.17, 15) is 4.79 Å². The first kappa shape index (κ1) is 20.6. The Kier molecular flexibility index (Phi) is 7.46.